The van der Waals surface area contributed by atoms with Crippen molar-refractivity contribution in [3.8, 4) is 0 Å². The number of rotatable bonds is 7. The topological polar surface area (TPSA) is 54.9 Å². The van der Waals surface area contributed by atoms with E-state index in [2.05, 4.69) is 58.1 Å². The molecule has 1 unspecified atom stereocenters. The maximum Gasteiger partial charge on any atom is 0.191 e. The summed E-state index contributed by atoms with van der Waals surface area (Å²) in [4.78, 5) is 4.27. The molecule has 1 aliphatic rings. The van der Waals surface area contributed by atoms with Crippen LogP contribution in [0.4, 0.5) is 0 Å². The molecule has 2 N–H and O–H groups in total. The molecular weight excluding hydrogens is 441 g/mol. The number of ether oxygens (including phenoxy) is 2. The first-order valence-corrected chi connectivity index (χ1v) is 8.97. The second-order valence-electron chi connectivity index (χ2n) is 6.24. The Morgan fingerprint density at radius 3 is 2.81 bits per heavy atom. The summed E-state index contributed by atoms with van der Waals surface area (Å²) >= 11 is 0. The van der Waals surface area contributed by atoms with Gasteiger partial charge in [-0.2, -0.15) is 0 Å². The first-order chi connectivity index (χ1) is 12.3. The predicted molar refractivity (Wildman–Crippen MR) is 117 cm³/mol. The van der Waals surface area contributed by atoms with Crippen LogP contribution in [0.1, 0.15) is 18.4 Å². The standard InChI is InChI=1S/C20H27N3O2.HI/c1-21-20(22-10-4-11-25-19-9-12-24-15-19)23-14-16-7-8-17-5-2-3-6-18(17)13-16;/h2-3,5-8,13,19H,4,9-12,14-15H2,1H3,(H2,21,22,23);1H. The molecular formula is C20H28IN3O2. The molecule has 6 heteroatoms. The summed E-state index contributed by atoms with van der Waals surface area (Å²) < 4.78 is 11.1. The molecule has 1 atom stereocenters. The molecule has 2 aromatic carbocycles. The quantitative estimate of drug-likeness (QED) is 0.283. The van der Waals surface area contributed by atoms with Crippen molar-refractivity contribution in [3.05, 3.63) is 48.0 Å². The van der Waals surface area contributed by atoms with Crippen molar-refractivity contribution in [3.63, 3.8) is 0 Å². The van der Waals surface area contributed by atoms with Gasteiger partial charge in [-0.3, -0.25) is 4.99 Å². The molecule has 2 aromatic rings. The minimum atomic E-state index is 0. The van der Waals surface area contributed by atoms with Gasteiger partial charge in [-0.1, -0.05) is 36.4 Å². The van der Waals surface area contributed by atoms with Crippen LogP contribution in [0.5, 0.6) is 0 Å². The van der Waals surface area contributed by atoms with Crippen LogP contribution in [0.15, 0.2) is 47.5 Å². The van der Waals surface area contributed by atoms with E-state index in [1.54, 1.807) is 7.05 Å². The Morgan fingerprint density at radius 1 is 1.19 bits per heavy atom. The van der Waals surface area contributed by atoms with E-state index in [9.17, 15) is 0 Å². The maximum atomic E-state index is 5.76. The van der Waals surface area contributed by atoms with Crippen molar-refractivity contribution in [1.29, 1.82) is 0 Å². The molecule has 1 saturated heterocycles. The highest BCUT2D eigenvalue weighted by Crippen LogP contribution is 2.15. The third kappa shape index (κ3) is 6.41. The van der Waals surface area contributed by atoms with Crippen molar-refractivity contribution in [2.45, 2.75) is 25.5 Å². The van der Waals surface area contributed by atoms with Gasteiger partial charge in [0.2, 0.25) is 0 Å². The molecule has 0 amide bonds. The molecule has 0 radical (unpaired) electrons. The normalized spacial score (nSPS) is 17.1. The Balaban J connectivity index is 0.00000243. The molecule has 142 valence electrons. The average Bonchev–Trinajstić information content (AvgIpc) is 3.17. The van der Waals surface area contributed by atoms with Gasteiger partial charge in [0, 0.05) is 33.4 Å². The number of nitrogens with zero attached hydrogens (tertiary/aromatic N) is 1. The zero-order valence-corrected chi connectivity index (χ0v) is 17.6. The van der Waals surface area contributed by atoms with E-state index in [1.165, 1.54) is 16.3 Å². The van der Waals surface area contributed by atoms with Crippen molar-refractivity contribution in [1.82, 2.24) is 10.6 Å². The fourth-order valence-electron chi connectivity index (χ4n) is 2.93. The van der Waals surface area contributed by atoms with E-state index >= 15 is 0 Å². The molecule has 0 aliphatic carbocycles. The van der Waals surface area contributed by atoms with Gasteiger partial charge in [0.05, 0.1) is 12.7 Å². The Morgan fingerprint density at radius 2 is 2.04 bits per heavy atom. The SMILES string of the molecule is CN=C(NCCCOC1CCOC1)NCc1ccc2ccccc2c1.I. The van der Waals surface area contributed by atoms with Crippen LogP contribution in [-0.2, 0) is 16.0 Å². The predicted octanol–water partition coefficient (Wildman–Crippen LogP) is 3.32. The van der Waals surface area contributed by atoms with E-state index in [4.69, 9.17) is 9.47 Å². The minimum absolute atomic E-state index is 0. The van der Waals surface area contributed by atoms with Gasteiger partial charge >= 0.3 is 0 Å². The van der Waals surface area contributed by atoms with Crippen LogP contribution in [0, 0.1) is 0 Å². The van der Waals surface area contributed by atoms with Gasteiger partial charge in [0.25, 0.3) is 0 Å². The van der Waals surface area contributed by atoms with Crippen molar-refractivity contribution in [2.24, 2.45) is 4.99 Å². The molecule has 0 bridgehead atoms. The number of fused-ring (bicyclic) bond motifs is 1. The van der Waals surface area contributed by atoms with Crippen molar-refractivity contribution in [2.75, 3.05) is 33.4 Å². The maximum absolute atomic E-state index is 5.76. The lowest BCUT2D eigenvalue weighted by molar-refractivity contribution is 0.0420. The summed E-state index contributed by atoms with van der Waals surface area (Å²) in [5, 5.41) is 9.22. The lowest BCUT2D eigenvalue weighted by Gasteiger charge is -2.13. The van der Waals surface area contributed by atoms with E-state index in [-0.39, 0.29) is 30.1 Å². The number of aliphatic imine (C=N–C) groups is 1. The van der Waals surface area contributed by atoms with Crippen LogP contribution in [-0.4, -0.2) is 45.5 Å². The lowest BCUT2D eigenvalue weighted by Crippen LogP contribution is -2.37. The third-order valence-corrected chi connectivity index (χ3v) is 4.35. The molecule has 0 aromatic heterocycles. The fourth-order valence-corrected chi connectivity index (χ4v) is 2.93. The monoisotopic (exact) mass is 469 g/mol. The molecule has 1 aliphatic heterocycles. The third-order valence-electron chi connectivity index (χ3n) is 4.35. The highest BCUT2D eigenvalue weighted by molar-refractivity contribution is 14.0. The fraction of sp³-hybridized carbons (Fsp3) is 0.450. The van der Waals surface area contributed by atoms with Gasteiger partial charge < -0.3 is 20.1 Å². The zero-order valence-electron chi connectivity index (χ0n) is 15.2. The number of halogens is 1. The van der Waals surface area contributed by atoms with Gasteiger partial charge in [0.15, 0.2) is 5.96 Å². The van der Waals surface area contributed by atoms with E-state index < -0.39 is 0 Å². The van der Waals surface area contributed by atoms with Crippen LogP contribution in [0.25, 0.3) is 10.8 Å². The molecule has 1 fully saturated rings. The smallest absolute Gasteiger partial charge is 0.191 e. The van der Waals surface area contributed by atoms with Crippen LogP contribution >= 0.6 is 24.0 Å². The van der Waals surface area contributed by atoms with Gasteiger partial charge in [-0.15, -0.1) is 24.0 Å². The van der Waals surface area contributed by atoms with Crippen LogP contribution in [0.3, 0.4) is 0 Å². The van der Waals surface area contributed by atoms with E-state index in [0.29, 0.717) is 0 Å². The summed E-state index contributed by atoms with van der Waals surface area (Å²) in [5.41, 5.74) is 1.24. The summed E-state index contributed by atoms with van der Waals surface area (Å²) in [6.07, 6.45) is 2.25. The number of hydrogen-bond acceptors (Lipinski definition) is 3. The first kappa shape index (κ1) is 20.9. The molecule has 3 rings (SSSR count). The van der Waals surface area contributed by atoms with E-state index in [0.717, 1.165) is 51.7 Å². The Hall–Kier alpha value is -1.38. The summed E-state index contributed by atoms with van der Waals surface area (Å²) in [7, 11) is 1.79. The van der Waals surface area contributed by atoms with Crippen molar-refractivity contribution >= 4 is 40.7 Å². The first-order valence-electron chi connectivity index (χ1n) is 8.97. The Kier molecular flexibility index (Phi) is 9.14. The van der Waals surface area contributed by atoms with Gasteiger partial charge in [0.1, 0.15) is 0 Å². The van der Waals surface area contributed by atoms with Gasteiger partial charge in [-0.05, 0) is 35.2 Å². The van der Waals surface area contributed by atoms with Crippen LogP contribution < -0.4 is 10.6 Å². The number of benzene rings is 2. The summed E-state index contributed by atoms with van der Waals surface area (Å²) in [6, 6.07) is 14.9. The molecule has 5 nitrogen and oxygen atoms in total. The Bertz CT molecular complexity index is 702. The number of nitrogens with one attached hydrogen (secondary N) is 2. The summed E-state index contributed by atoms with van der Waals surface area (Å²) in [6.45, 7) is 3.91. The van der Waals surface area contributed by atoms with Crippen molar-refractivity contribution < 1.29 is 9.47 Å². The number of guanidine groups is 1. The second kappa shape index (κ2) is 11.4. The minimum Gasteiger partial charge on any atom is -0.379 e. The largest absolute Gasteiger partial charge is 0.379 e. The molecule has 26 heavy (non-hydrogen) atoms. The highest BCUT2D eigenvalue weighted by Gasteiger charge is 2.15. The number of hydrogen-bond donors (Lipinski definition) is 2. The highest BCUT2D eigenvalue weighted by atomic mass is 127. The summed E-state index contributed by atoms with van der Waals surface area (Å²) in [5.74, 6) is 0.817. The molecule has 0 saturated carbocycles. The molecule has 0 spiro atoms. The average molecular weight is 469 g/mol. The van der Waals surface area contributed by atoms with Crippen LogP contribution in [0.2, 0.25) is 0 Å². The zero-order chi connectivity index (χ0) is 17.3. The van der Waals surface area contributed by atoms with Gasteiger partial charge in [-0.25, -0.2) is 0 Å². The Labute approximate surface area is 172 Å². The molecule has 1 heterocycles. The lowest BCUT2D eigenvalue weighted by atomic mass is 10.1. The second-order valence-corrected chi connectivity index (χ2v) is 6.24. The van der Waals surface area contributed by atoms with E-state index in [1.807, 2.05) is 0 Å².